The van der Waals surface area contributed by atoms with Gasteiger partial charge in [0.25, 0.3) is 12.3 Å². The van der Waals surface area contributed by atoms with Crippen LogP contribution in [0.3, 0.4) is 0 Å². The van der Waals surface area contributed by atoms with Crippen LogP contribution >= 0.6 is 0 Å². The first-order valence-electron chi connectivity index (χ1n) is 9.27. The minimum absolute atomic E-state index is 0.0813. The molecule has 8 heteroatoms. The zero-order chi connectivity index (χ0) is 19.8. The topological polar surface area (TPSA) is 65.4 Å². The number of anilines is 1. The van der Waals surface area contributed by atoms with Crippen molar-refractivity contribution in [2.45, 2.75) is 36.9 Å². The van der Waals surface area contributed by atoms with Crippen molar-refractivity contribution < 1.29 is 23.0 Å². The number of alkyl halides is 2. The molecule has 28 heavy (non-hydrogen) atoms. The molecule has 0 saturated heterocycles. The molecule has 2 aromatic rings. The predicted octanol–water partition coefficient (Wildman–Crippen LogP) is 3.57. The van der Waals surface area contributed by atoms with E-state index < -0.39 is 23.8 Å². The van der Waals surface area contributed by atoms with Gasteiger partial charge in [-0.2, -0.15) is 5.10 Å². The van der Waals surface area contributed by atoms with E-state index in [1.165, 1.54) is 17.9 Å². The van der Waals surface area contributed by atoms with Crippen LogP contribution in [0.25, 0.3) is 0 Å². The van der Waals surface area contributed by atoms with Gasteiger partial charge in [-0.05, 0) is 36.0 Å². The average Bonchev–Trinajstić information content (AvgIpc) is 3.01. The third kappa shape index (κ3) is 1.87. The van der Waals surface area contributed by atoms with Crippen LogP contribution in [0.15, 0.2) is 24.4 Å². The van der Waals surface area contributed by atoms with Gasteiger partial charge in [-0.15, -0.1) is 0 Å². The van der Waals surface area contributed by atoms with E-state index in [0.29, 0.717) is 5.69 Å². The molecule has 0 bridgehead atoms. The molecule has 6 nitrogen and oxygen atoms in total. The Balaban J connectivity index is 1.50. The molecule has 5 rings (SSSR count). The highest BCUT2D eigenvalue weighted by Crippen LogP contribution is 2.87. The van der Waals surface area contributed by atoms with Crippen molar-refractivity contribution >= 4 is 11.6 Å². The zero-order valence-corrected chi connectivity index (χ0v) is 15.8. The fourth-order valence-electron chi connectivity index (χ4n) is 5.81. The second-order valence-electron chi connectivity index (χ2n) is 7.81. The number of aromatic nitrogens is 2. The molecule has 2 fully saturated rings. The summed E-state index contributed by atoms with van der Waals surface area (Å²) in [5.74, 6) is -0.809. The Labute approximate surface area is 160 Å². The lowest BCUT2D eigenvalue weighted by molar-refractivity contribution is -0.176. The molecule has 3 aliphatic rings. The molecule has 0 aliphatic heterocycles. The Bertz CT molecular complexity index is 985. The molecule has 3 aliphatic carbocycles. The van der Waals surface area contributed by atoms with Crippen LogP contribution in [0, 0.1) is 5.41 Å². The van der Waals surface area contributed by atoms with Crippen molar-refractivity contribution in [1.82, 2.24) is 9.78 Å². The van der Waals surface area contributed by atoms with Crippen molar-refractivity contribution in [3.8, 4) is 0 Å². The fourth-order valence-corrected chi connectivity index (χ4v) is 5.81. The largest absolute Gasteiger partial charge is 0.352 e. The summed E-state index contributed by atoms with van der Waals surface area (Å²) in [4.78, 5) is 12.7. The van der Waals surface area contributed by atoms with Gasteiger partial charge in [0.1, 0.15) is 5.69 Å². The van der Waals surface area contributed by atoms with Crippen LogP contribution in [0.2, 0.25) is 0 Å². The number of methoxy groups -OCH3 is 2. The highest BCUT2D eigenvalue weighted by molar-refractivity contribution is 6.05. The van der Waals surface area contributed by atoms with Gasteiger partial charge in [0.05, 0.1) is 11.5 Å². The number of rotatable bonds is 5. The summed E-state index contributed by atoms with van der Waals surface area (Å²) < 4.78 is 39.2. The van der Waals surface area contributed by atoms with Gasteiger partial charge in [-0.25, -0.2) is 8.78 Å². The number of halogens is 2. The SMILES string of the molecule is COC1(OC)C2c3cccc(NC(=O)c4cn(C)nc4C(F)F)c3C3CCC321. The van der Waals surface area contributed by atoms with Gasteiger partial charge < -0.3 is 14.8 Å². The average molecular weight is 389 g/mol. The maximum atomic E-state index is 13.2. The summed E-state index contributed by atoms with van der Waals surface area (Å²) in [6.07, 6.45) is 0.503. The molecule has 2 saturated carbocycles. The summed E-state index contributed by atoms with van der Waals surface area (Å²) in [6.45, 7) is 0. The molecular weight excluding hydrogens is 368 g/mol. The highest BCUT2D eigenvalue weighted by Gasteiger charge is 2.88. The Morgan fingerprint density at radius 1 is 1.36 bits per heavy atom. The second kappa shape index (κ2) is 5.61. The number of nitrogens with one attached hydrogen (secondary N) is 1. The van der Waals surface area contributed by atoms with Crippen molar-refractivity contribution in [3.63, 3.8) is 0 Å². The van der Waals surface area contributed by atoms with Gasteiger partial charge in [0.15, 0.2) is 5.79 Å². The summed E-state index contributed by atoms with van der Waals surface area (Å²) in [5.41, 5.74) is 2.17. The van der Waals surface area contributed by atoms with Gasteiger partial charge >= 0.3 is 0 Å². The lowest BCUT2D eigenvalue weighted by Crippen LogP contribution is -2.37. The van der Waals surface area contributed by atoms with E-state index in [9.17, 15) is 13.6 Å². The Morgan fingerprint density at radius 3 is 2.71 bits per heavy atom. The molecule has 1 spiro atoms. The number of carbonyl (C=O) groups excluding carboxylic acids is 1. The van der Waals surface area contributed by atoms with E-state index in [2.05, 4.69) is 10.4 Å². The Kier molecular flexibility index (Phi) is 3.56. The number of benzene rings is 1. The van der Waals surface area contributed by atoms with Gasteiger partial charge in [0.2, 0.25) is 0 Å². The van der Waals surface area contributed by atoms with Crippen LogP contribution < -0.4 is 5.32 Å². The molecule has 1 aromatic carbocycles. The smallest absolute Gasteiger partial charge is 0.282 e. The summed E-state index contributed by atoms with van der Waals surface area (Å²) in [5, 5.41) is 6.56. The minimum atomic E-state index is -2.81. The van der Waals surface area contributed by atoms with E-state index in [1.807, 2.05) is 18.2 Å². The van der Waals surface area contributed by atoms with Crippen LogP contribution in [0.5, 0.6) is 0 Å². The monoisotopic (exact) mass is 389 g/mol. The number of aryl methyl sites for hydroxylation is 1. The molecule has 0 radical (unpaired) electrons. The lowest BCUT2D eigenvalue weighted by atomic mass is 9.68. The second-order valence-corrected chi connectivity index (χ2v) is 7.81. The Morgan fingerprint density at radius 2 is 2.11 bits per heavy atom. The molecular formula is C20H21F2N3O3. The fraction of sp³-hybridized carbons (Fsp3) is 0.500. The number of fused-ring (bicyclic) bond motifs is 3. The van der Waals surface area contributed by atoms with E-state index in [0.717, 1.165) is 24.0 Å². The van der Waals surface area contributed by atoms with Crippen LogP contribution in [0.4, 0.5) is 14.5 Å². The van der Waals surface area contributed by atoms with E-state index >= 15 is 0 Å². The first-order valence-corrected chi connectivity index (χ1v) is 9.27. The van der Waals surface area contributed by atoms with Crippen LogP contribution in [0.1, 0.15) is 58.3 Å². The number of ether oxygens (including phenoxy) is 2. The van der Waals surface area contributed by atoms with Crippen molar-refractivity contribution in [1.29, 1.82) is 0 Å². The minimum Gasteiger partial charge on any atom is -0.352 e. The molecule has 1 heterocycles. The summed E-state index contributed by atoms with van der Waals surface area (Å²) in [7, 11) is 4.86. The van der Waals surface area contributed by atoms with Gasteiger partial charge in [-0.1, -0.05) is 12.1 Å². The first kappa shape index (κ1) is 17.8. The number of carbonyl (C=O) groups is 1. The normalized spacial score (nSPS) is 28.4. The Hall–Kier alpha value is -2.32. The quantitative estimate of drug-likeness (QED) is 0.794. The van der Waals surface area contributed by atoms with Crippen molar-refractivity contribution in [2.75, 3.05) is 19.5 Å². The molecule has 1 N–H and O–H groups in total. The number of amides is 1. The molecule has 1 aromatic heterocycles. The molecule has 3 unspecified atom stereocenters. The zero-order valence-electron chi connectivity index (χ0n) is 15.8. The molecule has 1 amide bonds. The highest BCUT2D eigenvalue weighted by atomic mass is 19.3. The number of hydrogen-bond donors (Lipinski definition) is 1. The standard InChI is InChI=1S/C20H21F2N3O3/c1-25-9-11(15(24-25)17(21)22)18(26)23-13-6-4-5-10-14(13)12-7-8-19(12)16(10)20(19,27-2)28-3/h4-6,9,12,16-17H,7-8H2,1-3H3,(H,23,26). The maximum absolute atomic E-state index is 13.2. The van der Waals surface area contributed by atoms with Crippen molar-refractivity contribution in [3.05, 3.63) is 46.8 Å². The third-order valence-electron chi connectivity index (χ3n) is 6.89. The van der Waals surface area contributed by atoms with Gasteiger partial charge in [0, 0.05) is 38.6 Å². The number of hydrogen-bond acceptors (Lipinski definition) is 4. The number of nitrogens with zero attached hydrogens (tertiary/aromatic N) is 2. The van der Waals surface area contributed by atoms with Crippen molar-refractivity contribution in [2.24, 2.45) is 12.5 Å². The van der Waals surface area contributed by atoms with E-state index in [4.69, 9.17) is 9.47 Å². The van der Waals surface area contributed by atoms with Crippen LogP contribution in [-0.2, 0) is 16.5 Å². The van der Waals surface area contributed by atoms with E-state index in [-0.39, 0.29) is 22.8 Å². The van der Waals surface area contributed by atoms with E-state index in [1.54, 1.807) is 14.2 Å². The van der Waals surface area contributed by atoms with Gasteiger partial charge in [-0.3, -0.25) is 9.48 Å². The summed E-state index contributed by atoms with van der Waals surface area (Å²) >= 11 is 0. The molecule has 148 valence electrons. The maximum Gasteiger partial charge on any atom is 0.282 e. The summed E-state index contributed by atoms with van der Waals surface area (Å²) in [6, 6.07) is 5.75. The molecule has 3 atom stereocenters. The lowest BCUT2D eigenvalue weighted by Gasteiger charge is -2.40. The predicted molar refractivity (Wildman–Crippen MR) is 96.5 cm³/mol. The third-order valence-corrected chi connectivity index (χ3v) is 6.89. The van der Waals surface area contributed by atoms with Crippen LogP contribution in [-0.4, -0.2) is 35.7 Å². The first-order chi connectivity index (χ1) is 13.4.